The molecule has 0 amide bonds. The fourth-order valence-electron chi connectivity index (χ4n) is 1.88. The lowest BCUT2D eigenvalue weighted by Crippen LogP contribution is -2.27. The normalized spacial score (nSPS) is 13.0. The molecule has 0 spiro atoms. The predicted molar refractivity (Wildman–Crippen MR) is 76.5 cm³/mol. The van der Waals surface area contributed by atoms with Gasteiger partial charge in [-0.15, -0.1) is 0 Å². The lowest BCUT2D eigenvalue weighted by molar-refractivity contribution is 0.198. The van der Waals surface area contributed by atoms with Crippen LogP contribution in [0.15, 0.2) is 28.7 Å². The summed E-state index contributed by atoms with van der Waals surface area (Å²) in [4.78, 5) is 0. The molecule has 0 radical (unpaired) electrons. The average Bonchev–Trinajstić information content (AvgIpc) is 2.30. The molecule has 2 nitrogen and oxygen atoms in total. The van der Waals surface area contributed by atoms with Crippen molar-refractivity contribution >= 4 is 15.9 Å². The van der Waals surface area contributed by atoms with Gasteiger partial charge in [0.25, 0.3) is 0 Å². The van der Waals surface area contributed by atoms with Gasteiger partial charge in [0.15, 0.2) is 0 Å². The number of rotatable bonds is 7. The topological polar surface area (TPSA) is 21.3 Å². The van der Waals surface area contributed by atoms with Crippen molar-refractivity contribution < 1.29 is 4.74 Å². The maximum absolute atomic E-state index is 5.04. The molecule has 1 N–H and O–H groups in total. The van der Waals surface area contributed by atoms with Crippen LogP contribution in [0, 0.1) is 5.92 Å². The van der Waals surface area contributed by atoms with Crippen molar-refractivity contribution in [1.82, 2.24) is 5.32 Å². The van der Waals surface area contributed by atoms with Gasteiger partial charge >= 0.3 is 0 Å². The second-order valence-electron chi connectivity index (χ2n) is 4.60. The van der Waals surface area contributed by atoms with E-state index in [1.807, 2.05) is 0 Å². The number of hydrogen-bond donors (Lipinski definition) is 1. The Labute approximate surface area is 113 Å². The molecule has 0 heterocycles. The van der Waals surface area contributed by atoms with Gasteiger partial charge in [0.2, 0.25) is 0 Å². The van der Waals surface area contributed by atoms with Gasteiger partial charge in [-0.3, -0.25) is 0 Å². The first-order valence-corrected chi connectivity index (χ1v) is 6.89. The summed E-state index contributed by atoms with van der Waals surface area (Å²) in [6.07, 6.45) is 0. The van der Waals surface area contributed by atoms with Crippen molar-refractivity contribution in [3.05, 3.63) is 34.3 Å². The molecule has 0 bridgehead atoms. The summed E-state index contributed by atoms with van der Waals surface area (Å²) < 4.78 is 6.17. The average molecular weight is 300 g/mol. The first-order valence-electron chi connectivity index (χ1n) is 6.10. The number of nitrogens with one attached hydrogen (secondary N) is 1. The van der Waals surface area contributed by atoms with Crippen molar-refractivity contribution in [3.8, 4) is 0 Å². The molecule has 96 valence electrons. The van der Waals surface area contributed by atoms with Gasteiger partial charge in [0.1, 0.15) is 0 Å². The predicted octanol–water partition coefficient (Wildman–Crippen LogP) is 3.42. The molecule has 0 aliphatic carbocycles. The molecule has 0 aromatic heterocycles. The molecule has 1 atom stereocenters. The van der Waals surface area contributed by atoms with E-state index in [1.165, 1.54) is 5.56 Å². The Morgan fingerprint density at radius 1 is 1.24 bits per heavy atom. The fourth-order valence-corrected chi connectivity index (χ4v) is 2.14. The molecule has 1 aromatic carbocycles. The zero-order chi connectivity index (χ0) is 12.7. The minimum Gasteiger partial charge on any atom is -0.383 e. The highest BCUT2D eigenvalue weighted by atomic mass is 79.9. The van der Waals surface area contributed by atoms with Crippen molar-refractivity contribution in [2.45, 2.75) is 19.8 Å². The molecule has 17 heavy (non-hydrogen) atoms. The molecule has 0 aliphatic rings. The van der Waals surface area contributed by atoms with E-state index in [0.29, 0.717) is 11.8 Å². The molecule has 0 aliphatic heterocycles. The lowest BCUT2D eigenvalue weighted by Gasteiger charge is -2.22. The van der Waals surface area contributed by atoms with E-state index in [9.17, 15) is 0 Å². The molecule has 1 aromatic rings. The summed E-state index contributed by atoms with van der Waals surface area (Å²) in [6.45, 7) is 7.22. The Morgan fingerprint density at radius 3 is 2.41 bits per heavy atom. The Kier molecular flexibility index (Phi) is 6.78. The third-order valence-electron chi connectivity index (χ3n) is 2.95. The van der Waals surface area contributed by atoms with Crippen molar-refractivity contribution in [2.75, 3.05) is 26.8 Å². The molecular weight excluding hydrogens is 278 g/mol. The second kappa shape index (κ2) is 7.85. The number of methoxy groups -OCH3 is 1. The van der Waals surface area contributed by atoms with E-state index in [-0.39, 0.29) is 0 Å². The van der Waals surface area contributed by atoms with Crippen LogP contribution in [0.3, 0.4) is 0 Å². The summed E-state index contributed by atoms with van der Waals surface area (Å²) in [5.74, 6) is 1.19. The summed E-state index contributed by atoms with van der Waals surface area (Å²) >= 11 is 3.47. The van der Waals surface area contributed by atoms with Gasteiger partial charge in [0.05, 0.1) is 6.61 Å². The zero-order valence-electron chi connectivity index (χ0n) is 10.9. The van der Waals surface area contributed by atoms with Crippen LogP contribution in [0.5, 0.6) is 0 Å². The molecular formula is C14H22BrNO. The Hall–Kier alpha value is -0.380. The molecule has 0 fully saturated rings. The van der Waals surface area contributed by atoms with Crippen molar-refractivity contribution in [1.29, 1.82) is 0 Å². The molecule has 0 saturated heterocycles. The highest BCUT2D eigenvalue weighted by molar-refractivity contribution is 9.10. The largest absolute Gasteiger partial charge is 0.383 e. The standard InChI is InChI=1S/C14H22BrNO/c1-11(2)14(10-16-8-9-17-3)12-4-6-13(15)7-5-12/h4-7,11,14,16H,8-10H2,1-3H3. The monoisotopic (exact) mass is 299 g/mol. The van der Waals surface area contributed by atoms with Crippen LogP contribution in [0.25, 0.3) is 0 Å². The first-order chi connectivity index (χ1) is 8.15. The Morgan fingerprint density at radius 2 is 1.88 bits per heavy atom. The zero-order valence-corrected chi connectivity index (χ0v) is 12.5. The quantitative estimate of drug-likeness (QED) is 0.779. The molecule has 0 saturated carbocycles. The minimum atomic E-state index is 0.556. The first kappa shape index (κ1) is 14.7. The smallest absolute Gasteiger partial charge is 0.0587 e. The molecule has 3 heteroatoms. The Balaban J connectivity index is 2.56. The summed E-state index contributed by atoms with van der Waals surface area (Å²) in [7, 11) is 1.73. The number of ether oxygens (including phenoxy) is 1. The van der Waals surface area contributed by atoms with E-state index >= 15 is 0 Å². The third-order valence-corrected chi connectivity index (χ3v) is 3.48. The fraction of sp³-hybridized carbons (Fsp3) is 0.571. The lowest BCUT2D eigenvalue weighted by atomic mass is 9.88. The summed E-state index contributed by atoms with van der Waals surface area (Å²) in [5, 5.41) is 3.44. The van der Waals surface area contributed by atoms with Gasteiger partial charge < -0.3 is 10.1 Å². The van der Waals surface area contributed by atoms with Crippen LogP contribution in [0.1, 0.15) is 25.3 Å². The van der Waals surface area contributed by atoms with Crippen LogP contribution in [0.4, 0.5) is 0 Å². The second-order valence-corrected chi connectivity index (χ2v) is 5.51. The third kappa shape index (κ3) is 5.19. The number of benzene rings is 1. The van der Waals surface area contributed by atoms with Crippen LogP contribution in [-0.4, -0.2) is 26.8 Å². The van der Waals surface area contributed by atoms with Gasteiger partial charge in [0, 0.05) is 24.7 Å². The molecule has 1 rings (SSSR count). The number of halogens is 1. The van der Waals surface area contributed by atoms with E-state index in [0.717, 1.165) is 24.2 Å². The molecule has 1 unspecified atom stereocenters. The van der Waals surface area contributed by atoms with E-state index in [4.69, 9.17) is 4.74 Å². The van der Waals surface area contributed by atoms with Gasteiger partial charge in [-0.1, -0.05) is 41.9 Å². The van der Waals surface area contributed by atoms with Crippen molar-refractivity contribution in [3.63, 3.8) is 0 Å². The van der Waals surface area contributed by atoms with E-state index in [2.05, 4.69) is 59.4 Å². The van der Waals surface area contributed by atoms with Crippen LogP contribution >= 0.6 is 15.9 Å². The highest BCUT2D eigenvalue weighted by Crippen LogP contribution is 2.25. The highest BCUT2D eigenvalue weighted by Gasteiger charge is 2.14. The SMILES string of the molecule is COCCNCC(c1ccc(Br)cc1)C(C)C. The van der Waals surface area contributed by atoms with Crippen LogP contribution < -0.4 is 5.32 Å². The van der Waals surface area contributed by atoms with E-state index < -0.39 is 0 Å². The van der Waals surface area contributed by atoms with Gasteiger partial charge in [-0.25, -0.2) is 0 Å². The maximum Gasteiger partial charge on any atom is 0.0587 e. The van der Waals surface area contributed by atoms with E-state index in [1.54, 1.807) is 7.11 Å². The Bertz CT molecular complexity index is 311. The number of hydrogen-bond acceptors (Lipinski definition) is 2. The summed E-state index contributed by atoms with van der Waals surface area (Å²) in [6, 6.07) is 8.62. The van der Waals surface area contributed by atoms with Gasteiger partial charge in [-0.2, -0.15) is 0 Å². The minimum absolute atomic E-state index is 0.556. The van der Waals surface area contributed by atoms with Crippen LogP contribution in [0.2, 0.25) is 0 Å². The maximum atomic E-state index is 5.04. The van der Waals surface area contributed by atoms with Crippen molar-refractivity contribution in [2.24, 2.45) is 5.92 Å². The van der Waals surface area contributed by atoms with Gasteiger partial charge in [-0.05, 0) is 29.5 Å². The van der Waals surface area contributed by atoms with Crippen LogP contribution in [-0.2, 0) is 4.74 Å². The summed E-state index contributed by atoms with van der Waals surface area (Å²) in [5.41, 5.74) is 1.40.